The van der Waals surface area contributed by atoms with E-state index in [0.717, 1.165) is 42.8 Å². The molecule has 0 spiro atoms. The molecule has 1 aromatic heterocycles. The summed E-state index contributed by atoms with van der Waals surface area (Å²) in [5.74, 6) is 1.67. The van der Waals surface area contributed by atoms with Gasteiger partial charge in [-0.1, -0.05) is 41.6 Å². The van der Waals surface area contributed by atoms with Crippen molar-refractivity contribution >= 4 is 10.8 Å². The molecule has 0 aliphatic carbocycles. The van der Waals surface area contributed by atoms with Crippen LogP contribution in [0, 0.1) is 6.92 Å². The molecule has 1 aliphatic rings. The zero-order valence-corrected chi connectivity index (χ0v) is 14.4. The highest BCUT2D eigenvalue weighted by Gasteiger charge is 2.27. The number of fused-ring (bicyclic) bond motifs is 1. The van der Waals surface area contributed by atoms with E-state index < -0.39 is 6.10 Å². The van der Waals surface area contributed by atoms with E-state index in [-0.39, 0.29) is 5.92 Å². The molecule has 3 aromatic rings. The van der Waals surface area contributed by atoms with Crippen molar-refractivity contribution in [3.63, 3.8) is 0 Å². The minimum Gasteiger partial charge on any atom is -0.387 e. The maximum atomic E-state index is 10.7. The molecule has 130 valence electrons. The number of piperidine rings is 1. The van der Waals surface area contributed by atoms with Gasteiger partial charge in [-0.2, -0.15) is 4.98 Å². The highest BCUT2D eigenvalue weighted by atomic mass is 16.5. The summed E-state index contributed by atoms with van der Waals surface area (Å²) < 4.78 is 5.34. The van der Waals surface area contributed by atoms with E-state index in [1.54, 1.807) is 0 Å². The van der Waals surface area contributed by atoms with Crippen molar-refractivity contribution in [3.8, 4) is 0 Å². The van der Waals surface area contributed by atoms with E-state index in [0.29, 0.717) is 12.4 Å². The van der Waals surface area contributed by atoms with Crippen LogP contribution in [0.15, 0.2) is 47.0 Å². The number of nitrogens with zero attached hydrogens (tertiary/aromatic N) is 3. The fourth-order valence-corrected chi connectivity index (χ4v) is 3.67. The molecule has 5 nitrogen and oxygen atoms in total. The van der Waals surface area contributed by atoms with Crippen LogP contribution in [0.25, 0.3) is 10.8 Å². The third-order valence-corrected chi connectivity index (χ3v) is 4.99. The van der Waals surface area contributed by atoms with Gasteiger partial charge in [0.25, 0.3) is 0 Å². The number of aliphatic hydroxyl groups is 1. The Labute approximate surface area is 147 Å². The number of hydrogen-bond donors (Lipinski definition) is 1. The first-order valence-corrected chi connectivity index (χ1v) is 8.88. The molecule has 1 N–H and O–H groups in total. The molecule has 0 radical (unpaired) electrons. The molecule has 2 aromatic carbocycles. The van der Waals surface area contributed by atoms with Gasteiger partial charge in [-0.05, 0) is 48.7 Å². The van der Waals surface area contributed by atoms with Crippen LogP contribution < -0.4 is 0 Å². The largest absolute Gasteiger partial charge is 0.387 e. The van der Waals surface area contributed by atoms with Gasteiger partial charge < -0.3 is 9.63 Å². The van der Waals surface area contributed by atoms with Gasteiger partial charge >= 0.3 is 0 Å². The topological polar surface area (TPSA) is 62.4 Å². The Morgan fingerprint density at radius 2 is 2.08 bits per heavy atom. The van der Waals surface area contributed by atoms with Crippen LogP contribution in [0.4, 0.5) is 0 Å². The Bertz CT molecular complexity index is 861. The van der Waals surface area contributed by atoms with Gasteiger partial charge in [0.05, 0.1) is 12.0 Å². The average Bonchev–Trinajstić information content (AvgIpc) is 3.08. The van der Waals surface area contributed by atoms with Crippen molar-refractivity contribution in [2.45, 2.75) is 31.8 Å². The summed E-state index contributed by atoms with van der Waals surface area (Å²) in [5, 5.41) is 17.0. The molecule has 1 aliphatic heterocycles. The second-order valence-corrected chi connectivity index (χ2v) is 6.90. The third kappa shape index (κ3) is 3.57. The van der Waals surface area contributed by atoms with Crippen LogP contribution in [0.1, 0.15) is 42.1 Å². The van der Waals surface area contributed by atoms with E-state index in [1.807, 2.05) is 25.1 Å². The molecule has 4 rings (SSSR count). The van der Waals surface area contributed by atoms with E-state index in [9.17, 15) is 5.11 Å². The highest BCUT2D eigenvalue weighted by Crippen LogP contribution is 2.28. The van der Waals surface area contributed by atoms with Crippen molar-refractivity contribution in [3.05, 3.63) is 59.7 Å². The number of likely N-dealkylation sites (tertiary alicyclic amines) is 1. The molecule has 1 fully saturated rings. The summed E-state index contributed by atoms with van der Waals surface area (Å²) in [5.41, 5.74) is 0.967. The predicted octanol–water partition coefficient (Wildman–Crippen LogP) is 3.44. The molecule has 0 bridgehead atoms. The Morgan fingerprint density at radius 1 is 1.24 bits per heavy atom. The highest BCUT2D eigenvalue weighted by molar-refractivity contribution is 5.83. The van der Waals surface area contributed by atoms with Crippen molar-refractivity contribution in [2.24, 2.45) is 0 Å². The third-order valence-electron chi connectivity index (χ3n) is 4.99. The maximum absolute atomic E-state index is 10.7. The van der Waals surface area contributed by atoms with Crippen LogP contribution in [0.2, 0.25) is 0 Å². The van der Waals surface area contributed by atoms with Gasteiger partial charge in [0.2, 0.25) is 5.89 Å². The maximum Gasteiger partial charge on any atom is 0.231 e. The lowest BCUT2D eigenvalue weighted by Gasteiger charge is -2.32. The number of β-amino-alcohol motifs (C(OH)–C–C–N with tert-alkyl or cyclic N) is 1. The second kappa shape index (κ2) is 6.94. The lowest BCUT2D eigenvalue weighted by molar-refractivity contribution is 0.0911. The fourth-order valence-electron chi connectivity index (χ4n) is 3.67. The number of benzene rings is 2. The lowest BCUT2D eigenvalue weighted by atomic mass is 9.96. The number of aliphatic hydroxyl groups excluding tert-OH is 1. The molecular weight excluding hydrogens is 314 g/mol. The van der Waals surface area contributed by atoms with Crippen molar-refractivity contribution in [1.29, 1.82) is 0 Å². The monoisotopic (exact) mass is 337 g/mol. The standard InChI is InChI=1S/C20H23N3O2/c1-14-21-20(25-22-14)18-7-4-10-23(12-18)13-19(24)17-9-8-15-5-2-3-6-16(15)11-17/h2-3,5-6,8-9,11,18-19,24H,4,7,10,12-13H2,1H3. The molecule has 0 saturated carbocycles. The summed E-state index contributed by atoms with van der Waals surface area (Å²) in [4.78, 5) is 6.67. The number of aromatic nitrogens is 2. The van der Waals surface area contributed by atoms with Crippen LogP contribution in [-0.4, -0.2) is 39.8 Å². The first-order valence-electron chi connectivity index (χ1n) is 8.88. The van der Waals surface area contributed by atoms with Crippen molar-refractivity contribution in [1.82, 2.24) is 15.0 Å². The number of aryl methyl sites for hydroxylation is 1. The van der Waals surface area contributed by atoms with Gasteiger partial charge in [-0.25, -0.2) is 0 Å². The van der Waals surface area contributed by atoms with Crippen LogP contribution in [0.3, 0.4) is 0 Å². The van der Waals surface area contributed by atoms with Crippen molar-refractivity contribution in [2.75, 3.05) is 19.6 Å². The lowest BCUT2D eigenvalue weighted by Crippen LogP contribution is -2.37. The quantitative estimate of drug-likeness (QED) is 0.790. The predicted molar refractivity (Wildman–Crippen MR) is 96.4 cm³/mol. The van der Waals surface area contributed by atoms with Crippen LogP contribution >= 0.6 is 0 Å². The molecule has 25 heavy (non-hydrogen) atoms. The fraction of sp³-hybridized carbons (Fsp3) is 0.400. The Hall–Kier alpha value is -2.24. The molecule has 2 heterocycles. The van der Waals surface area contributed by atoms with Gasteiger partial charge in [0.1, 0.15) is 0 Å². The molecule has 2 unspecified atom stereocenters. The van der Waals surface area contributed by atoms with E-state index in [1.165, 1.54) is 5.39 Å². The minimum atomic E-state index is -0.493. The Balaban J connectivity index is 1.44. The molecule has 0 amide bonds. The van der Waals surface area contributed by atoms with Crippen LogP contribution in [0.5, 0.6) is 0 Å². The molecule has 2 atom stereocenters. The number of hydrogen-bond acceptors (Lipinski definition) is 5. The normalized spacial score (nSPS) is 20.0. The van der Waals surface area contributed by atoms with Gasteiger partial charge in [-0.15, -0.1) is 0 Å². The van der Waals surface area contributed by atoms with E-state index in [2.05, 4.69) is 39.3 Å². The zero-order chi connectivity index (χ0) is 17.2. The number of rotatable bonds is 4. The summed E-state index contributed by atoms with van der Waals surface area (Å²) in [6.45, 7) is 4.32. The van der Waals surface area contributed by atoms with E-state index in [4.69, 9.17) is 4.52 Å². The minimum absolute atomic E-state index is 0.263. The summed E-state index contributed by atoms with van der Waals surface area (Å²) in [7, 11) is 0. The van der Waals surface area contributed by atoms with Gasteiger partial charge in [0.15, 0.2) is 5.82 Å². The molecule has 1 saturated heterocycles. The average molecular weight is 337 g/mol. The van der Waals surface area contributed by atoms with Gasteiger partial charge in [-0.3, -0.25) is 4.90 Å². The van der Waals surface area contributed by atoms with Crippen molar-refractivity contribution < 1.29 is 9.63 Å². The first-order chi connectivity index (χ1) is 12.2. The van der Waals surface area contributed by atoms with Crippen LogP contribution in [-0.2, 0) is 0 Å². The molecular formula is C20H23N3O2. The summed E-state index contributed by atoms with van der Waals surface area (Å²) in [6, 6.07) is 14.4. The smallest absolute Gasteiger partial charge is 0.231 e. The first kappa shape index (κ1) is 16.2. The van der Waals surface area contributed by atoms with Gasteiger partial charge in [0, 0.05) is 13.1 Å². The SMILES string of the molecule is Cc1noc(C2CCCN(CC(O)c3ccc4ccccc4c3)C2)n1. The summed E-state index contributed by atoms with van der Waals surface area (Å²) >= 11 is 0. The summed E-state index contributed by atoms with van der Waals surface area (Å²) in [6.07, 6.45) is 1.65. The molecule has 5 heteroatoms. The Kier molecular flexibility index (Phi) is 4.51. The zero-order valence-electron chi connectivity index (χ0n) is 14.4. The Morgan fingerprint density at radius 3 is 2.88 bits per heavy atom. The van der Waals surface area contributed by atoms with E-state index >= 15 is 0 Å². The second-order valence-electron chi connectivity index (χ2n) is 6.90.